The van der Waals surface area contributed by atoms with Gasteiger partial charge < -0.3 is 4.74 Å². The summed E-state index contributed by atoms with van der Waals surface area (Å²) in [7, 11) is 2.95. The van der Waals surface area contributed by atoms with Crippen molar-refractivity contribution in [2.24, 2.45) is 14.1 Å². The third-order valence-electron chi connectivity index (χ3n) is 3.55. The highest BCUT2D eigenvalue weighted by Gasteiger charge is 2.24. The average Bonchev–Trinajstić information content (AvgIpc) is 2.55. The smallest absolute Gasteiger partial charge is 0.332 e. The minimum Gasteiger partial charge on any atom is -0.465 e. The molecule has 0 unspecified atom stereocenters. The number of aromatic nitrogens is 4. The van der Waals surface area contributed by atoms with Gasteiger partial charge in [-0.1, -0.05) is 18.7 Å². The summed E-state index contributed by atoms with van der Waals surface area (Å²) in [5, 5.41) is 0.135. The summed E-state index contributed by atoms with van der Waals surface area (Å²) < 4.78 is 7.38. The van der Waals surface area contributed by atoms with Crippen molar-refractivity contribution in [3.05, 3.63) is 26.7 Å². The maximum Gasteiger partial charge on any atom is 0.332 e. The van der Waals surface area contributed by atoms with Crippen LogP contribution in [0.2, 0.25) is 0 Å². The topological polar surface area (TPSA) is 96.1 Å². The highest BCUT2D eigenvalue weighted by molar-refractivity contribution is 8.00. The summed E-state index contributed by atoms with van der Waals surface area (Å²) in [6.07, 6.45) is 0.528. The number of fused-ring (bicyclic) bond motifs is 1. The SMILES string of the molecule is CCOC(=O)[C@H](CC)Sc1nc(C)nc2c1c(=O)n(C)c(=O)n2C. The molecule has 2 rings (SSSR count). The van der Waals surface area contributed by atoms with E-state index in [0.717, 1.165) is 16.3 Å². The number of rotatable bonds is 5. The standard InChI is InChI=1S/C15H20N4O4S/c1-6-9(14(21)23-7-2)24-12-10-11(16-8(3)17-12)18(4)15(22)19(5)13(10)20/h9H,6-7H2,1-5H3/t9-/m0/s1. The molecule has 24 heavy (non-hydrogen) atoms. The van der Waals surface area contributed by atoms with E-state index in [4.69, 9.17) is 4.74 Å². The van der Waals surface area contributed by atoms with Crippen molar-refractivity contribution < 1.29 is 9.53 Å². The molecule has 2 heterocycles. The molecule has 0 aliphatic heterocycles. The Hall–Kier alpha value is -2.16. The lowest BCUT2D eigenvalue weighted by Crippen LogP contribution is -2.38. The fourth-order valence-electron chi connectivity index (χ4n) is 2.29. The Morgan fingerprint density at radius 3 is 2.46 bits per heavy atom. The summed E-state index contributed by atoms with van der Waals surface area (Å²) in [4.78, 5) is 45.2. The van der Waals surface area contributed by atoms with E-state index in [1.165, 1.54) is 11.6 Å². The van der Waals surface area contributed by atoms with Gasteiger partial charge in [0.2, 0.25) is 0 Å². The predicted molar refractivity (Wildman–Crippen MR) is 91.3 cm³/mol. The van der Waals surface area contributed by atoms with Crippen LogP contribution in [0.5, 0.6) is 0 Å². The summed E-state index contributed by atoms with van der Waals surface area (Å²) in [6.45, 7) is 5.57. The Morgan fingerprint density at radius 1 is 1.21 bits per heavy atom. The van der Waals surface area contributed by atoms with Crippen molar-refractivity contribution in [3.8, 4) is 0 Å². The molecule has 0 N–H and O–H groups in total. The normalized spacial score (nSPS) is 12.4. The largest absolute Gasteiger partial charge is 0.465 e. The monoisotopic (exact) mass is 352 g/mol. The minimum atomic E-state index is -0.482. The van der Waals surface area contributed by atoms with Gasteiger partial charge in [0, 0.05) is 14.1 Å². The highest BCUT2D eigenvalue weighted by atomic mass is 32.2. The van der Waals surface area contributed by atoms with Crippen molar-refractivity contribution in [3.63, 3.8) is 0 Å². The second-order valence-electron chi connectivity index (χ2n) is 5.25. The van der Waals surface area contributed by atoms with Crippen LogP contribution in [0.1, 0.15) is 26.1 Å². The van der Waals surface area contributed by atoms with Gasteiger partial charge in [-0.25, -0.2) is 14.8 Å². The summed E-state index contributed by atoms with van der Waals surface area (Å²) in [5.41, 5.74) is -0.676. The molecule has 0 bridgehead atoms. The molecule has 0 saturated heterocycles. The van der Waals surface area contributed by atoms with E-state index >= 15 is 0 Å². The zero-order valence-corrected chi connectivity index (χ0v) is 15.1. The summed E-state index contributed by atoms with van der Waals surface area (Å²) in [6, 6.07) is 0. The third-order valence-corrected chi connectivity index (χ3v) is 4.88. The van der Waals surface area contributed by atoms with Crippen LogP contribution in [0.15, 0.2) is 14.6 Å². The van der Waals surface area contributed by atoms with E-state index in [2.05, 4.69) is 9.97 Å². The molecule has 0 aromatic carbocycles. The van der Waals surface area contributed by atoms with E-state index in [1.54, 1.807) is 20.9 Å². The first-order valence-electron chi connectivity index (χ1n) is 7.59. The first-order chi connectivity index (χ1) is 11.3. The Bertz CT molecular complexity index is 903. The number of hydrogen-bond acceptors (Lipinski definition) is 7. The molecule has 0 fully saturated rings. The number of esters is 1. The first-order valence-corrected chi connectivity index (χ1v) is 8.47. The van der Waals surface area contributed by atoms with Gasteiger partial charge in [-0.15, -0.1) is 0 Å². The zero-order chi connectivity index (χ0) is 18.0. The molecule has 130 valence electrons. The second-order valence-corrected chi connectivity index (χ2v) is 6.44. The van der Waals surface area contributed by atoms with Crippen LogP contribution in [0.4, 0.5) is 0 Å². The third kappa shape index (κ3) is 3.21. The molecular weight excluding hydrogens is 332 g/mol. The molecule has 0 spiro atoms. The molecule has 0 saturated carbocycles. The maximum atomic E-state index is 12.5. The van der Waals surface area contributed by atoms with Crippen LogP contribution in [0, 0.1) is 6.92 Å². The Balaban J connectivity index is 2.68. The lowest BCUT2D eigenvalue weighted by molar-refractivity contribution is -0.142. The van der Waals surface area contributed by atoms with E-state index in [1.807, 2.05) is 6.92 Å². The van der Waals surface area contributed by atoms with E-state index < -0.39 is 16.5 Å². The zero-order valence-electron chi connectivity index (χ0n) is 14.3. The number of carbonyl (C=O) groups excluding carboxylic acids is 1. The number of aryl methyl sites for hydroxylation is 2. The molecule has 8 nitrogen and oxygen atoms in total. The summed E-state index contributed by atoms with van der Waals surface area (Å²) in [5.74, 6) is 0.0722. The molecule has 1 atom stereocenters. The molecule has 0 aliphatic carbocycles. The molecular formula is C15H20N4O4S. The quantitative estimate of drug-likeness (QED) is 0.445. The maximum absolute atomic E-state index is 12.5. The Kier molecular flexibility index (Phi) is 5.43. The lowest BCUT2D eigenvalue weighted by atomic mass is 10.3. The van der Waals surface area contributed by atoms with Crippen molar-refractivity contribution in [1.29, 1.82) is 0 Å². The van der Waals surface area contributed by atoms with Gasteiger partial charge in [0.15, 0.2) is 5.65 Å². The first kappa shape index (κ1) is 18.2. The molecule has 2 aromatic rings. The van der Waals surface area contributed by atoms with Crippen molar-refractivity contribution in [2.75, 3.05) is 6.61 Å². The van der Waals surface area contributed by atoms with Crippen LogP contribution >= 0.6 is 11.8 Å². The number of ether oxygens (including phenoxy) is 1. The molecule has 9 heteroatoms. The fourth-order valence-corrected chi connectivity index (χ4v) is 3.37. The molecule has 0 amide bonds. The summed E-state index contributed by atoms with van der Waals surface area (Å²) >= 11 is 1.16. The van der Waals surface area contributed by atoms with Crippen molar-refractivity contribution in [1.82, 2.24) is 19.1 Å². The lowest BCUT2D eigenvalue weighted by Gasteiger charge is -2.15. The number of carbonyl (C=O) groups is 1. The van der Waals surface area contributed by atoms with Gasteiger partial charge in [-0.2, -0.15) is 0 Å². The number of hydrogen-bond donors (Lipinski definition) is 0. The van der Waals surface area contributed by atoms with Crippen molar-refractivity contribution in [2.45, 2.75) is 37.5 Å². The number of nitrogens with zero attached hydrogens (tertiary/aromatic N) is 4. The van der Waals surface area contributed by atoms with Gasteiger partial charge in [0.05, 0.1) is 6.61 Å². The average molecular weight is 352 g/mol. The molecule has 2 aromatic heterocycles. The van der Waals surface area contributed by atoms with Gasteiger partial charge in [-0.05, 0) is 20.3 Å². The van der Waals surface area contributed by atoms with Crippen LogP contribution in [-0.4, -0.2) is 36.9 Å². The van der Waals surface area contributed by atoms with Gasteiger partial charge in [0.25, 0.3) is 5.56 Å². The predicted octanol–water partition coefficient (Wildman–Crippen LogP) is 0.769. The van der Waals surface area contributed by atoms with Crippen LogP contribution in [0.25, 0.3) is 11.0 Å². The Labute approximate surface area is 142 Å². The van der Waals surface area contributed by atoms with Crippen LogP contribution in [0.3, 0.4) is 0 Å². The molecule has 0 radical (unpaired) electrons. The second kappa shape index (κ2) is 7.16. The minimum absolute atomic E-state index is 0.234. The molecule has 0 aliphatic rings. The number of thioether (sulfide) groups is 1. The van der Waals surface area contributed by atoms with E-state index in [9.17, 15) is 14.4 Å². The van der Waals surface area contributed by atoms with E-state index in [-0.39, 0.29) is 23.6 Å². The van der Waals surface area contributed by atoms with Crippen molar-refractivity contribution >= 4 is 28.8 Å². The van der Waals surface area contributed by atoms with Gasteiger partial charge >= 0.3 is 11.7 Å². The highest BCUT2D eigenvalue weighted by Crippen LogP contribution is 2.28. The fraction of sp³-hybridized carbons (Fsp3) is 0.533. The van der Waals surface area contributed by atoms with Crippen LogP contribution < -0.4 is 11.2 Å². The van der Waals surface area contributed by atoms with Gasteiger partial charge in [0.1, 0.15) is 21.5 Å². The van der Waals surface area contributed by atoms with Crippen LogP contribution in [-0.2, 0) is 23.6 Å². The van der Waals surface area contributed by atoms with E-state index in [0.29, 0.717) is 17.3 Å². The van der Waals surface area contributed by atoms with Gasteiger partial charge in [-0.3, -0.25) is 18.7 Å². The Morgan fingerprint density at radius 2 is 1.88 bits per heavy atom.